The van der Waals surface area contributed by atoms with Crippen molar-refractivity contribution in [1.82, 2.24) is 4.98 Å². The van der Waals surface area contributed by atoms with E-state index in [0.717, 1.165) is 16.8 Å². The van der Waals surface area contributed by atoms with E-state index in [1.54, 1.807) is 0 Å². The summed E-state index contributed by atoms with van der Waals surface area (Å²) in [7, 11) is 0. The molecule has 0 bridgehead atoms. The first-order valence-corrected chi connectivity index (χ1v) is 17.8. The molecule has 0 aliphatic rings. The lowest BCUT2D eigenvalue weighted by Crippen LogP contribution is -1.86. The van der Waals surface area contributed by atoms with Gasteiger partial charge in [-0.15, -0.1) is 22.7 Å². The topological polar surface area (TPSA) is 12.9 Å². The van der Waals surface area contributed by atoms with Crippen LogP contribution >= 0.6 is 22.7 Å². The van der Waals surface area contributed by atoms with Crippen LogP contribution in [0.3, 0.4) is 0 Å². The first-order valence-electron chi connectivity index (χ1n) is 16.2. The molecule has 3 aromatic heterocycles. The monoisotopic (exact) mass is 645 g/mol. The van der Waals surface area contributed by atoms with Crippen molar-refractivity contribution in [3.8, 4) is 44.6 Å². The fraction of sp³-hybridized carbons (Fsp3) is 0. The molecule has 0 unspecified atom stereocenters. The average Bonchev–Trinajstić information content (AvgIpc) is 3.68. The van der Waals surface area contributed by atoms with Crippen molar-refractivity contribution < 1.29 is 0 Å². The molecule has 10 aromatic rings. The minimum atomic E-state index is 0.978. The van der Waals surface area contributed by atoms with Crippen molar-refractivity contribution in [3.05, 3.63) is 164 Å². The second kappa shape index (κ2) is 11.0. The maximum Gasteiger partial charge on any atom is 0.0702 e. The Balaban J connectivity index is 0.927. The van der Waals surface area contributed by atoms with E-state index >= 15 is 0 Å². The van der Waals surface area contributed by atoms with Gasteiger partial charge in [-0.1, -0.05) is 121 Å². The zero-order valence-electron chi connectivity index (χ0n) is 25.9. The average molecular weight is 646 g/mol. The van der Waals surface area contributed by atoms with Gasteiger partial charge in [0, 0.05) is 37.5 Å². The molecule has 1 nitrogen and oxygen atoms in total. The summed E-state index contributed by atoms with van der Waals surface area (Å²) in [6, 6.07) is 57.3. The molecule has 3 heteroatoms. The standard InChI is InChI=1S/C45H27NS2/c1-2-6-28(7-3-1)29-10-12-30(13-11-29)31-14-16-32(17-15-31)41-21-20-37(27-46-41)35-18-19-36-24-40-43(26-38(36)22-35)48-44-39-23-33-8-4-5-9-34(33)25-42(39)47-45(40)44/h1-27H. The van der Waals surface area contributed by atoms with Gasteiger partial charge in [0.2, 0.25) is 0 Å². The van der Waals surface area contributed by atoms with Crippen LogP contribution in [0.5, 0.6) is 0 Å². The third-order valence-electron chi connectivity index (χ3n) is 9.51. The highest BCUT2D eigenvalue weighted by Crippen LogP contribution is 2.46. The van der Waals surface area contributed by atoms with Crippen molar-refractivity contribution in [1.29, 1.82) is 0 Å². The van der Waals surface area contributed by atoms with Gasteiger partial charge < -0.3 is 0 Å². The third-order valence-corrected chi connectivity index (χ3v) is 12.0. The van der Waals surface area contributed by atoms with Crippen LogP contribution in [0, 0.1) is 0 Å². The van der Waals surface area contributed by atoms with Crippen molar-refractivity contribution in [3.63, 3.8) is 0 Å². The van der Waals surface area contributed by atoms with Gasteiger partial charge in [0.1, 0.15) is 0 Å². The van der Waals surface area contributed by atoms with Crippen LogP contribution in [-0.4, -0.2) is 4.98 Å². The molecule has 0 saturated carbocycles. The summed E-state index contributed by atoms with van der Waals surface area (Å²) in [5, 5.41) is 7.88. The number of rotatable bonds is 4. The maximum atomic E-state index is 4.88. The molecule has 0 atom stereocenters. The molecule has 0 aliphatic carbocycles. The second-order valence-corrected chi connectivity index (χ2v) is 14.5. The molecular weight excluding hydrogens is 619 g/mol. The molecule has 48 heavy (non-hydrogen) atoms. The van der Waals surface area contributed by atoms with Gasteiger partial charge in [-0.25, -0.2) is 0 Å². The quantitative estimate of drug-likeness (QED) is 0.186. The zero-order valence-corrected chi connectivity index (χ0v) is 27.5. The molecule has 0 fully saturated rings. The molecule has 0 saturated heterocycles. The first-order chi connectivity index (χ1) is 23.7. The predicted octanol–water partition coefficient (Wildman–Crippen LogP) is 13.6. The number of fused-ring (bicyclic) bond motifs is 7. The smallest absolute Gasteiger partial charge is 0.0702 e. The molecule has 224 valence electrons. The number of pyridine rings is 1. The van der Waals surface area contributed by atoms with Crippen molar-refractivity contribution in [2.75, 3.05) is 0 Å². The van der Waals surface area contributed by atoms with E-state index in [4.69, 9.17) is 4.98 Å². The van der Waals surface area contributed by atoms with Crippen LogP contribution < -0.4 is 0 Å². The lowest BCUT2D eigenvalue weighted by Gasteiger charge is -2.08. The van der Waals surface area contributed by atoms with E-state index in [-0.39, 0.29) is 0 Å². The van der Waals surface area contributed by atoms with E-state index in [2.05, 4.69) is 158 Å². The number of thiophene rings is 2. The minimum Gasteiger partial charge on any atom is -0.256 e. The lowest BCUT2D eigenvalue weighted by molar-refractivity contribution is 1.33. The lowest BCUT2D eigenvalue weighted by atomic mass is 9.98. The molecule has 0 aliphatic heterocycles. The highest BCUT2D eigenvalue weighted by atomic mass is 32.1. The van der Waals surface area contributed by atoms with Gasteiger partial charge in [-0.3, -0.25) is 4.98 Å². The van der Waals surface area contributed by atoms with Crippen LogP contribution in [0.15, 0.2) is 164 Å². The first kappa shape index (κ1) is 27.5. The Kier molecular flexibility index (Phi) is 6.29. The molecule has 10 rings (SSSR count). The van der Waals surface area contributed by atoms with Crippen molar-refractivity contribution in [2.45, 2.75) is 0 Å². The normalized spacial score (nSPS) is 11.8. The Morgan fingerprint density at radius 1 is 0.333 bits per heavy atom. The van der Waals surface area contributed by atoms with Gasteiger partial charge in [-0.05, 0) is 85.8 Å². The number of hydrogen-bond donors (Lipinski definition) is 0. The predicted molar refractivity (Wildman–Crippen MR) is 209 cm³/mol. The number of nitrogens with zero attached hydrogens (tertiary/aromatic N) is 1. The number of hydrogen-bond acceptors (Lipinski definition) is 3. The molecule has 0 spiro atoms. The highest BCUT2D eigenvalue weighted by Gasteiger charge is 2.14. The van der Waals surface area contributed by atoms with Crippen LogP contribution in [-0.2, 0) is 0 Å². The van der Waals surface area contributed by atoms with Crippen LogP contribution in [0.25, 0.3) is 95.8 Å². The van der Waals surface area contributed by atoms with Gasteiger partial charge in [-0.2, -0.15) is 0 Å². The molecule has 0 radical (unpaired) electrons. The van der Waals surface area contributed by atoms with Gasteiger partial charge in [0.25, 0.3) is 0 Å². The van der Waals surface area contributed by atoms with Crippen LogP contribution in [0.2, 0.25) is 0 Å². The van der Waals surface area contributed by atoms with Crippen molar-refractivity contribution in [2.24, 2.45) is 0 Å². The SMILES string of the molecule is c1ccc(-c2ccc(-c3ccc(-c4ccc(-c5ccc6cc7c(cc6c5)sc5c6cc8ccccc8cc6sc75)cn4)cc3)cc2)cc1. The molecule has 3 heterocycles. The minimum absolute atomic E-state index is 0.978. The molecular formula is C45H27NS2. The van der Waals surface area contributed by atoms with Gasteiger partial charge >= 0.3 is 0 Å². The Hall–Kier alpha value is -5.61. The summed E-state index contributed by atoms with van der Waals surface area (Å²) >= 11 is 3.84. The Morgan fingerprint density at radius 3 is 1.42 bits per heavy atom. The summed E-state index contributed by atoms with van der Waals surface area (Å²) in [4.78, 5) is 4.88. The van der Waals surface area contributed by atoms with E-state index < -0.39 is 0 Å². The zero-order chi connectivity index (χ0) is 31.6. The van der Waals surface area contributed by atoms with Gasteiger partial charge in [0.15, 0.2) is 0 Å². The fourth-order valence-electron chi connectivity index (χ4n) is 6.92. The molecule has 0 N–H and O–H groups in total. The summed E-state index contributed by atoms with van der Waals surface area (Å²) in [5.41, 5.74) is 9.28. The summed E-state index contributed by atoms with van der Waals surface area (Å²) in [6.45, 7) is 0. The van der Waals surface area contributed by atoms with Gasteiger partial charge in [0.05, 0.1) is 15.1 Å². The third kappa shape index (κ3) is 4.63. The second-order valence-electron chi connectivity index (χ2n) is 12.4. The molecule has 0 amide bonds. The highest BCUT2D eigenvalue weighted by molar-refractivity contribution is 7.36. The number of benzene rings is 7. The van der Waals surface area contributed by atoms with E-state index in [1.807, 2.05) is 28.9 Å². The van der Waals surface area contributed by atoms with E-state index in [1.165, 1.54) is 78.9 Å². The Labute approximate surface area is 286 Å². The summed E-state index contributed by atoms with van der Waals surface area (Å²) < 4.78 is 5.52. The van der Waals surface area contributed by atoms with Crippen molar-refractivity contribution >= 4 is 73.8 Å². The largest absolute Gasteiger partial charge is 0.256 e. The van der Waals surface area contributed by atoms with Crippen LogP contribution in [0.1, 0.15) is 0 Å². The fourth-order valence-corrected chi connectivity index (χ4v) is 9.62. The summed E-state index contributed by atoms with van der Waals surface area (Å²) in [6.07, 6.45) is 2.00. The maximum absolute atomic E-state index is 4.88. The van der Waals surface area contributed by atoms with E-state index in [9.17, 15) is 0 Å². The van der Waals surface area contributed by atoms with Crippen LogP contribution in [0.4, 0.5) is 0 Å². The molecule has 7 aromatic carbocycles. The summed E-state index contributed by atoms with van der Waals surface area (Å²) in [5.74, 6) is 0. The Morgan fingerprint density at radius 2 is 0.812 bits per heavy atom. The number of aromatic nitrogens is 1. The van der Waals surface area contributed by atoms with E-state index in [0.29, 0.717) is 0 Å². The Bertz CT molecular complexity index is 2790.